The fourth-order valence-corrected chi connectivity index (χ4v) is 2.55. The summed E-state index contributed by atoms with van der Waals surface area (Å²) in [5.41, 5.74) is 4.05. The third kappa shape index (κ3) is 7.29. The number of morpholine rings is 1. The highest BCUT2D eigenvalue weighted by Gasteiger charge is 2.12. The van der Waals surface area contributed by atoms with Crippen molar-refractivity contribution < 1.29 is 23.2 Å². The molecule has 2 rings (SSSR count). The van der Waals surface area contributed by atoms with E-state index in [1.807, 2.05) is 0 Å². The zero-order valence-corrected chi connectivity index (χ0v) is 14.9. The number of rotatable bonds is 7. The molecule has 1 heterocycles. The standard InChI is InChI=1S/C16H22F2N4O2S/c1-12(13-3-2-4-14(11-13)24-15(17)18)20-21-16(25)19-5-6-22-7-9-23-10-8-22/h2-4,11,15H,5-10H2,1H3,(H2,19,21,25)/p+1/b20-12-. The molecule has 1 fully saturated rings. The van der Waals surface area contributed by atoms with Gasteiger partial charge in [0.1, 0.15) is 18.8 Å². The van der Waals surface area contributed by atoms with E-state index in [0.717, 1.165) is 39.4 Å². The fourth-order valence-electron chi connectivity index (χ4n) is 2.40. The minimum atomic E-state index is -2.85. The number of ether oxygens (including phenoxy) is 2. The monoisotopic (exact) mass is 373 g/mol. The molecule has 0 aliphatic carbocycles. The number of quaternary nitrogens is 1. The summed E-state index contributed by atoms with van der Waals surface area (Å²) in [4.78, 5) is 1.48. The Kier molecular flexibility index (Phi) is 7.96. The van der Waals surface area contributed by atoms with E-state index < -0.39 is 6.61 Å². The van der Waals surface area contributed by atoms with Gasteiger partial charge >= 0.3 is 6.61 Å². The van der Waals surface area contributed by atoms with E-state index in [0.29, 0.717) is 16.4 Å². The Morgan fingerprint density at radius 3 is 2.88 bits per heavy atom. The molecule has 1 aromatic rings. The van der Waals surface area contributed by atoms with Gasteiger partial charge < -0.3 is 19.7 Å². The molecule has 0 bridgehead atoms. The smallest absolute Gasteiger partial charge is 0.387 e. The van der Waals surface area contributed by atoms with Crippen LogP contribution < -0.4 is 20.4 Å². The highest BCUT2D eigenvalue weighted by Crippen LogP contribution is 2.16. The molecule has 1 aromatic carbocycles. The van der Waals surface area contributed by atoms with Gasteiger partial charge in [0.25, 0.3) is 0 Å². The van der Waals surface area contributed by atoms with Crippen LogP contribution in [0.5, 0.6) is 5.75 Å². The number of hydrogen-bond donors (Lipinski definition) is 3. The Labute approximate surface area is 151 Å². The summed E-state index contributed by atoms with van der Waals surface area (Å²) in [6.45, 7) is 4.23. The molecule has 1 saturated heterocycles. The van der Waals surface area contributed by atoms with Gasteiger partial charge in [0.05, 0.1) is 32.0 Å². The highest BCUT2D eigenvalue weighted by atomic mass is 32.1. The predicted molar refractivity (Wildman–Crippen MR) is 95.4 cm³/mol. The summed E-state index contributed by atoms with van der Waals surface area (Å²) in [6.07, 6.45) is 0. The van der Waals surface area contributed by atoms with Gasteiger partial charge in [-0.2, -0.15) is 13.9 Å². The number of hydrazone groups is 1. The number of halogens is 2. The van der Waals surface area contributed by atoms with E-state index in [4.69, 9.17) is 17.0 Å². The molecule has 0 amide bonds. The van der Waals surface area contributed by atoms with Crippen LogP contribution in [0.15, 0.2) is 29.4 Å². The zero-order chi connectivity index (χ0) is 18.1. The van der Waals surface area contributed by atoms with E-state index >= 15 is 0 Å². The predicted octanol–water partition coefficient (Wildman–Crippen LogP) is 0.391. The Morgan fingerprint density at radius 2 is 2.16 bits per heavy atom. The molecule has 0 aromatic heterocycles. The molecule has 0 atom stereocenters. The van der Waals surface area contributed by atoms with Crippen molar-refractivity contribution >= 4 is 23.0 Å². The van der Waals surface area contributed by atoms with Gasteiger partial charge in [0.2, 0.25) is 0 Å². The third-order valence-corrected chi connectivity index (χ3v) is 4.00. The Bertz CT molecular complexity index is 595. The van der Waals surface area contributed by atoms with Crippen LogP contribution in [0.2, 0.25) is 0 Å². The minimum absolute atomic E-state index is 0.0937. The molecule has 1 aliphatic heterocycles. The van der Waals surface area contributed by atoms with Crippen molar-refractivity contribution in [3.8, 4) is 5.75 Å². The number of nitrogens with zero attached hydrogens (tertiary/aromatic N) is 1. The maximum absolute atomic E-state index is 12.3. The van der Waals surface area contributed by atoms with Gasteiger partial charge in [-0.3, -0.25) is 5.43 Å². The summed E-state index contributed by atoms with van der Waals surface area (Å²) in [5.74, 6) is 0.0937. The Balaban J connectivity index is 1.76. The maximum Gasteiger partial charge on any atom is 0.387 e. The van der Waals surface area contributed by atoms with Crippen LogP contribution in [0.3, 0.4) is 0 Å². The largest absolute Gasteiger partial charge is 0.435 e. The van der Waals surface area contributed by atoms with Gasteiger partial charge in [0, 0.05) is 5.56 Å². The van der Waals surface area contributed by atoms with Gasteiger partial charge in [0.15, 0.2) is 5.11 Å². The van der Waals surface area contributed by atoms with Crippen LogP contribution in [0.1, 0.15) is 12.5 Å². The summed E-state index contributed by atoms with van der Waals surface area (Å²) < 4.78 is 34.2. The normalized spacial score (nSPS) is 15.9. The summed E-state index contributed by atoms with van der Waals surface area (Å²) in [5, 5.41) is 7.70. The quantitative estimate of drug-likeness (QED) is 0.367. The number of thiocarbonyl (C=S) groups is 1. The van der Waals surface area contributed by atoms with Gasteiger partial charge in [-0.05, 0) is 31.3 Å². The van der Waals surface area contributed by atoms with Crippen LogP contribution in [0.25, 0.3) is 0 Å². The topological polar surface area (TPSA) is 59.3 Å². The molecule has 1 aliphatic rings. The lowest BCUT2D eigenvalue weighted by atomic mass is 10.1. The number of nitrogens with one attached hydrogen (secondary N) is 3. The van der Waals surface area contributed by atoms with E-state index in [2.05, 4.69) is 20.6 Å². The Hall–Kier alpha value is -1.84. The van der Waals surface area contributed by atoms with Crippen molar-refractivity contribution in [2.45, 2.75) is 13.5 Å². The lowest BCUT2D eigenvalue weighted by Crippen LogP contribution is -3.14. The first-order chi connectivity index (χ1) is 12.0. The van der Waals surface area contributed by atoms with Gasteiger partial charge in [-0.1, -0.05) is 12.1 Å². The van der Waals surface area contributed by atoms with Crippen LogP contribution in [-0.4, -0.2) is 56.8 Å². The second kappa shape index (κ2) is 10.2. The van der Waals surface area contributed by atoms with E-state index in [9.17, 15) is 8.78 Å². The van der Waals surface area contributed by atoms with Crippen LogP contribution in [0.4, 0.5) is 8.78 Å². The van der Waals surface area contributed by atoms with Crippen molar-refractivity contribution in [3.05, 3.63) is 29.8 Å². The zero-order valence-electron chi connectivity index (χ0n) is 14.1. The number of benzene rings is 1. The summed E-state index contributed by atoms with van der Waals surface area (Å²) in [7, 11) is 0. The second-order valence-corrected chi connectivity index (χ2v) is 5.99. The third-order valence-electron chi connectivity index (χ3n) is 3.77. The molecule has 0 spiro atoms. The maximum atomic E-state index is 12.3. The fraction of sp³-hybridized carbons (Fsp3) is 0.500. The van der Waals surface area contributed by atoms with Crippen molar-refractivity contribution in [1.29, 1.82) is 0 Å². The van der Waals surface area contributed by atoms with Crippen LogP contribution in [0, 0.1) is 0 Å². The molecule has 0 unspecified atom stereocenters. The number of alkyl halides is 2. The molecular weight excluding hydrogens is 350 g/mol. The molecule has 25 heavy (non-hydrogen) atoms. The average molecular weight is 373 g/mol. The molecular formula is C16H23F2N4O2S+. The summed E-state index contributed by atoms with van der Waals surface area (Å²) in [6, 6.07) is 6.37. The second-order valence-electron chi connectivity index (χ2n) is 5.58. The molecule has 0 radical (unpaired) electrons. The molecule has 3 N–H and O–H groups in total. The molecule has 138 valence electrons. The van der Waals surface area contributed by atoms with E-state index in [1.165, 1.54) is 17.0 Å². The molecule has 6 nitrogen and oxygen atoms in total. The average Bonchev–Trinajstić information content (AvgIpc) is 2.60. The first-order valence-electron chi connectivity index (χ1n) is 8.09. The lowest BCUT2D eigenvalue weighted by molar-refractivity contribution is -0.906. The molecule has 0 saturated carbocycles. The Morgan fingerprint density at radius 1 is 1.40 bits per heavy atom. The molecule has 9 heteroatoms. The lowest BCUT2D eigenvalue weighted by Gasteiger charge is -2.23. The van der Waals surface area contributed by atoms with E-state index in [-0.39, 0.29) is 5.75 Å². The van der Waals surface area contributed by atoms with E-state index in [1.54, 1.807) is 19.1 Å². The van der Waals surface area contributed by atoms with Crippen molar-refractivity contribution in [1.82, 2.24) is 10.7 Å². The van der Waals surface area contributed by atoms with Gasteiger partial charge in [-0.15, -0.1) is 0 Å². The van der Waals surface area contributed by atoms with Crippen molar-refractivity contribution in [2.24, 2.45) is 5.10 Å². The van der Waals surface area contributed by atoms with Crippen molar-refractivity contribution in [2.75, 3.05) is 39.4 Å². The minimum Gasteiger partial charge on any atom is -0.435 e. The first-order valence-corrected chi connectivity index (χ1v) is 8.50. The van der Waals surface area contributed by atoms with Crippen molar-refractivity contribution in [3.63, 3.8) is 0 Å². The van der Waals surface area contributed by atoms with Crippen LogP contribution in [-0.2, 0) is 4.74 Å². The number of hydrogen-bond acceptors (Lipinski definition) is 4. The highest BCUT2D eigenvalue weighted by molar-refractivity contribution is 7.80. The first kappa shape index (κ1) is 19.5. The van der Waals surface area contributed by atoms with Gasteiger partial charge in [-0.25, -0.2) is 0 Å². The van der Waals surface area contributed by atoms with Crippen LogP contribution >= 0.6 is 12.2 Å². The summed E-state index contributed by atoms with van der Waals surface area (Å²) >= 11 is 5.18. The SMILES string of the molecule is C/C(=N/NC(=S)NCC[NH+]1CCOCC1)c1cccc(OC(F)F)c1.